The zero-order chi connectivity index (χ0) is 19.9. The van der Waals surface area contributed by atoms with Crippen LogP contribution in [0, 0.1) is 5.82 Å². The molecule has 0 aliphatic carbocycles. The Kier molecular flexibility index (Phi) is 6.06. The maximum absolute atomic E-state index is 13.0. The van der Waals surface area contributed by atoms with Gasteiger partial charge in [-0.3, -0.25) is 9.78 Å². The van der Waals surface area contributed by atoms with Gasteiger partial charge in [0.15, 0.2) is 11.5 Å². The van der Waals surface area contributed by atoms with Gasteiger partial charge < -0.3 is 20.1 Å². The molecular formula is C21H20FN3O3. The van der Waals surface area contributed by atoms with Crippen molar-refractivity contribution in [3.05, 3.63) is 77.9 Å². The van der Waals surface area contributed by atoms with Gasteiger partial charge in [0.1, 0.15) is 11.5 Å². The lowest BCUT2D eigenvalue weighted by atomic mass is 10.2. The zero-order valence-electron chi connectivity index (χ0n) is 15.5. The Morgan fingerprint density at radius 3 is 2.43 bits per heavy atom. The molecule has 144 valence electrons. The lowest BCUT2D eigenvalue weighted by Gasteiger charge is -2.11. The Labute approximate surface area is 162 Å². The molecule has 3 aromatic rings. The molecule has 1 heterocycles. The average molecular weight is 381 g/mol. The Morgan fingerprint density at radius 2 is 1.71 bits per heavy atom. The number of carbonyl (C=O) groups excluding carboxylic acids is 1. The number of halogens is 1. The van der Waals surface area contributed by atoms with Gasteiger partial charge in [-0.15, -0.1) is 0 Å². The van der Waals surface area contributed by atoms with Crippen molar-refractivity contribution in [3.8, 4) is 11.5 Å². The number of benzene rings is 2. The molecule has 2 aromatic carbocycles. The van der Waals surface area contributed by atoms with E-state index in [0.717, 1.165) is 11.3 Å². The summed E-state index contributed by atoms with van der Waals surface area (Å²) in [5, 5.41) is 5.98. The minimum absolute atomic E-state index is 0.263. The zero-order valence-corrected chi connectivity index (χ0v) is 15.5. The number of methoxy groups -OCH3 is 2. The first-order chi connectivity index (χ1) is 13.6. The smallest absolute Gasteiger partial charge is 0.274 e. The predicted molar refractivity (Wildman–Crippen MR) is 105 cm³/mol. The largest absolute Gasteiger partial charge is 0.493 e. The molecule has 0 unspecified atom stereocenters. The summed E-state index contributed by atoms with van der Waals surface area (Å²) in [7, 11) is 3.08. The molecule has 28 heavy (non-hydrogen) atoms. The molecular weight excluding hydrogens is 361 g/mol. The highest BCUT2D eigenvalue weighted by molar-refractivity contribution is 6.03. The average Bonchev–Trinajstić information content (AvgIpc) is 2.73. The van der Waals surface area contributed by atoms with E-state index in [2.05, 4.69) is 15.6 Å². The second-order valence-electron chi connectivity index (χ2n) is 5.93. The molecule has 0 bridgehead atoms. The van der Waals surface area contributed by atoms with Crippen molar-refractivity contribution in [3.63, 3.8) is 0 Å². The Morgan fingerprint density at radius 1 is 0.964 bits per heavy atom. The van der Waals surface area contributed by atoms with Crippen LogP contribution >= 0.6 is 0 Å². The summed E-state index contributed by atoms with van der Waals surface area (Å²) in [5.41, 5.74) is 2.49. The number of aromatic nitrogens is 1. The van der Waals surface area contributed by atoms with Crippen LogP contribution in [0.1, 0.15) is 16.1 Å². The van der Waals surface area contributed by atoms with Crippen molar-refractivity contribution >= 4 is 17.3 Å². The second kappa shape index (κ2) is 8.85. The van der Waals surface area contributed by atoms with Gasteiger partial charge in [-0.2, -0.15) is 0 Å². The first-order valence-corrected chi connectivity index (χ1v) is 8.57. The fourth-order valence-corrected chi connectivity index (χ4v) is 2.58. The number of nitrogens with zero attached hydrogens (tertiary/aromatic N) is 1. The number of amides is 1. The van der Waals surface area contributed by atoms with Gasteiger partial charge >= 0.3 is 0 Å². The van der Waals surface area contributed by atoms with E-state index in [9.17, 15) is 9.18 Å². The minimum atomic E-state index is -0.349. The Balaban J connectivity index is 1.67. The molecule has 0 atom stereocenters. The van der Waals surface area contributed by atoms with E-state index in [-0.39, 0.29) is 17.4 Å². The van der Waals surface area contributed by atoms with Gasteiger partial charge in [0.2, 0.25) is 0 Å². The van der Waals surface area contributed by atoms with Crippen molar-refractivity contribution in [2.24, 2.45) is 0 Å². The molecule has 0 fully saturated rings. The predicted octanol–water partition coefficient (Wildman–Crippen LogP) is 4.10. The molecule has 0 aliphatic heterocycles. The molecule has 0 aliphatic rings. The molecule has 1 amide bonds. The summed E-state index contributed by atoms with van der Waals surface area (Å²) in [5.74, 6) is 0.466. The van der Waals surface area contributed by atoms with Gasteiger partial charge in [-0.25, -0.2) is 4.39 Å². The number of carbonyl (C=O) groups is 1. The number of ether oxygens (including phenoxy) is 2. The van der Waals surface area contributed by atoms with Crippen molar-refractivity contribution in [2.45, 2.75) is 6.54 Å². The van der Waals surface area contributed by atoms with E-state index in [0.29, 0.717) is 23.7 Å². The molecule has 3 rings (SSSR count). The van der Waals surface area contributed by atoms with Crippen LogP contribution in [0.15, 0.2) is 60.8 Å². The van der Waals surface area contributed by atoms with Crippen LogP contribution in [-0.2, 0) is 6.54 Å². The van der Waals surface area contributed by atoms with Crippen molar-refractivity contribution < 1.29 is 18.7 Å². The van der Waals surface area contributed by atoms with Crippen LogP contribution < -0.4 is 20.1 Å². The van der Waals surface area contributed by atoms with E-state index in [1.807, 2.05) is 0 Å². The third-order valence-electron chi connectivity index (χ3n) is 4.04. The molecule has 0 radical (unpaired) electrons. The summed E-state index contributed by atoms with van der Waals surface area (Å²) in [4.78, 5) is 16.6. The lowest BCUT2D eigenvalue weighted by Crippen LogP contribution is -2.14. The fourth-order valence-electron chi connectivity index (χ4n) is 2.58. The molecule has 0 saturated heterocycles. The van der Waals surface area contributed by atoms with Crippen molar-refractivity contribution in [1.29, 1.82) is 0 Å². The third kappa shape index (κ3) is 4.76. The number of anilines is 2. The molecule has 0 saturated carbocycles. The van der Waals surface area contributed by atoms with Crippen molar-refractivity contribution in [1.82, 2.24) is 4.98 Å². The molecule has 1 aromatic heterocycles. The van der Waals surface area contributed by atoms with E-state index in [1.165, 1.54) is 19.2 Å². The Bertz CT molecular complexity index is 961. The van der Waals surface area contributed by atoms with E-state index in [1.54, 1.807) is 55.8 Å². The van der Waals surface area contributed by atoms with Gasteiger partial charge in [0.25, 0.3) is 5.91 Å². The van der Waals surface area contributed by atoms with Gasteiger partial charge in [-0.05, 0) is 42.0 Å². The summed E-state index contributed by atoms with van der Waals surface area (Å²) in [6, 6.07) is 14.7. The van der Waals surface area contributed by atoms with E-state index in [4.69, 9.17) is 9.47 Å². The fraction of sp³-hybridized carbons (Fsp3) is 0.143. The van der Waals surface area contributed by atoms with Crippen LogP contribution in [0.25, 0.3) is 0 Å². The first kappa shape index (κ1) is 19.2. The maximum Gasteiger partial charge on any atom is 0.274 e. The number of pyridine rings is 1. The van der Waals surface area contributed by atoms with E-state index >= 15 is 0 Å². The quantitative estimate of drug-likeness (QED) is 0.645. The van der Waals surface area contributed by atoms with Crippen LogP contribution in [0.5, 0.6) is 11.5 Å². The molecule has 7 heteroatoms. The van der Waals surface area contributed by atoms with Crippen LogP contribution in [0.3, 0.4) is 0 Å². The van der Waals surface area contributed by atoms with Gasteiger partial charge in [0.05, 0.1) is 14.2 Å². The standard InChI is InChI=1S/C21H20FN3O3/c1-27-19-8-7-17(12-20(19)28-2)25-21(26)18-11-16(9-10-23-18)24-13-14-3-5-15(22)6-4-14/h3-12H,13H2,1-2H3,(H,23,24)(H,25,26). The highest BCUT2D eigenvalue weighted by atomic mass is 19.1. The van der Waals surface area contributed by atoms with Crippen LogP contribution in [0.4, 0.5) is 15.8 Å². The monoisotopic (exact) mass is 381 g/mol. The number of hydrogen-bond acceptors (Lipinski definition) is 5. The number of nitrogens with one attached hydrogen (secondary N) is 2. The topological polar surface area (TPSA) is 72.5 Å². The SMILES string of the molecule is COc1ccc(NC(=O)c2cc(NCc3ccc(F)cc3)ccn2)cc1OC. The first-order valence-electron chi connectivity index (χ1n) is 8.57. The number of rotatable bonds is 7. The molecule has 6 nitrogen and oxygen atoms in total. The highest BCUT2D eigenvalue weighted by Crippen LogP contribution is 2.29. The van der Waals surface area contributed by atoms with Gasteiger partial charge in [-0.1, -0.05) is 12.1 Å². The highest BCUT2D eigenvalue weighted by Gasteiger charge is 2.11. The third-order valence-corrected chi connectivity index (χ3v) is 4.04. The normalized spacial score (nSPS) is 10.2. The van der Waals surface area contributed by atoms with Crippen LogP contribution in [0.2, 0.25) is 0 Å². The molecule has 0 spiro atoms. The maximum atomic E-state index is 13.0. The van der Waals surface area contributed by atoms with Gasteiger partial charge in [0, 0.05) is 30.2 Å². The minimum Gasteiger partial charge on any atom is -0.493 e. The summed E-state index contributed by atoms with van der Waals surface area (Å²) in [6.07, 6.45) is 1.55. The second-order valence-corrected chi connectivity index (χ2v) is 5.93. The lowest BCUT2D eigenvalue weighted by molar-refractivity contribution is 0.102. The summed E-state index contributed by atoms with van der Waals surface area (Å²) in [6.45, 7) is 0.501. The Hall–Kier alpha value is -3.61. The molecule has 2 N–H and O–H groups in total. The van der Waals surface area contributed by atoms with Crippen LogP contribution in [-0.4, -0.2) is 25.1 Å². The van der Waals surface area contributed by atoms with Crippen molar-refractivity contribution in [2.75, 3.05) is 24.9 Å². The summed E-state index contributed by atoms with van der Waals surface area (Å²) < 4.78 is 23.4. The van der Waals surface area contributed by atoms with E-state index < -0.39 is 0 Å². The summed E-state index contributed by atoms with van der Waals surface area (Å²) >= 11 is 0. The number of hydrogen-bond donors (Lipinski definition) is 2.